The number of benzene rings is 2. The number of hydrogen-bond donors (Lipinski definition) is 0. The van der Waals surface area contributed by atoms with E-state index in [0.29, 0.717) is 0 Å². The fourth-order valence-electron chi connectivity index (χ4n) is 1.34. The quantitative estimate of drug-likeness (QED) is 0.790. The molecule has 0 aliphatic heterocycles. The highest BCUT2D eigenvalue weighted by Gasteiger charge is 1.95. The van der Waals surface area contributed by atoms with Crippen molar-refractivity contribution in [3.05, 3.63) is 60.7 Å². The van der Waals surface area contributed by atoms with Crippen molar-refractivity contribution in [2.24, 2.45) is 0 Å². The molecule has 0 fully saturated rings. The van der Waals surface area contributed by atoms with Gasteiger partial charge in [-0.05, 0) is 24.3 Å². The molecule has 0 heterocycles. The van der Waals surface area contributed by atoms with Crippen LogP contribution in [0.15, 0.2) is 60.7 Å². The molecular formula is C16H22O2Si. The van der Waals surface area contributed by atoms with Gasteiger partial charge in [0.05, 0.1) is 22.1 Å². The highest BCUT2D eigenvalue weighted by Crippen LogP contribution is 2.08. The van der Waals surface area contributed by atoms with Gasteiger partial charge in [0.2, 0.25) is 0 Å². The van der Waals surface area contributed by atoms with E-state index in [1.54, 1.807) is 7.11 Å². The number of hydrogen-bond acceptors (Lipinski definition) is 2. The summed E-state index contributed by atoms with van der Waals surface area (Å²) in [4.78, 5) is 0. The van der Waals surface area contributed by atoms with Crippen molar-refractivity contribution in [1.82, 2.24) is 0 Å². The third-order valence-electron chi connectivity index (χ3n) is 2.31. The van der Waals surface area contributed by atoms with Crippen LogP contribution in [0.1, 0.15) is 0 Å². The molecule has 0 aromatic heterocycles. The highest BCUT2D eigenvalue weighted by atomic mass is 28.3. The Labute approximate surface area is 117 Å². The van der Waals surface area contributed by atoms with Gasteiger partial charge in [-0.1, -0.05) is 49.5 Å². The lowest BCUT2D eigenvalue weighted by atomic mass is 10.3. The van der Waals surface area contributed by atoms with Crippen LogP contribution in [-0.2, 0) is 0 Å². The van der Waals surface area contributed by atoms with Crippen molar-refractivity contribution >= 4 is 8.80 Å². The molecule has 102 valence electrons. The molecule has 0 radical (unpaired) electrons. The van der Waals surface area contributed by atoms with Crippen molar-refractivity contribution in [3.63, 3.8) is 0 Å². The standard InChI is InChI=1S/C9H14OSi.C7H8O/c1-11(2)8-10-9-6-4-3-5-7-9;1-8-7-5-3-2-4-6-7/h3-7,11H,8H2,1-2H3;2-6H,1H3. The topological polar surface area (TPSA) is 18.5 Å². The van der Waals surface area contributed by atoms with Crippen molar-refractivity contribution in [3.8, 4) is 11.5 Å². The Balaban J connectivity index is 0.000000200. The van der Waals surface area contributed by atoms with Crippen LogP contribution in [0.3, 0.4) is 0 Å². The van der Waals surface area contributed by atoms with Crippen LogP contribution in [0.25, 0.3) is 0 Å². The van der Waals surface area contributed by atoms with Crippen LogP contribution in [0.2, 0.25) is 13.1 Å². The molecule has 0 saturated heterocycles. The SMILES string of the molecule is COc1ccccc1.C[SiH](C)COc1ccccc1. The van der Waals surface area contributed by atoms with E-state index in [4.69, 9.17) is 9.47 Å². The summed E-state index contributed by atoms with van der Waals surface area (Å²) in [7, 11) is 1.10. The number of ether oxygens (including phenoxy) is 2. The van der Waals surface area contributed by atoms with E-state index in [1.165, 1.54) is 0 Å². The largest absolute Gasteiger partial charge is 0.498 e. The summed E-state index contributed by atoms with van der Waals surface area (Å²) in [5.41, 5.74) is 0. The lowest BCUT2D eigenvalue weighted by Gasteiger charge is -2.06. The Morgan fingerprint density at radius 1 is 0.789 bits per heavy atom. The van der Waals surface area contributed by atoms with E-state index in [9.17, 15) is 0 Å². The molecule has 0 bridgehead atoms. The summed E-state index contributed by atoms with van der Waals surface area (Å²) < 4.78 is 10.4. The highest BCUT2D eigenvalue weighted by molar-refractivity contribution is 6.55. The maximum Gasteiger partial charge on any atom is 0.118 e. The number of methoxy groups -OCH3 is 1. The molecule has 0 saturated carbocycles. The number of para-hydroxylation sites is 2. The Morgan fingerprint density at radius 3 is 1.63 bits per heavy atom. The van der Waals surface area contributed by atoms with Gasteiger partial charge in [-0.25, -0.2) is 0 Å². The smallest absolute Gasteiger partial charge is 0.118 e. The molecule has 0 unspecified atom stereocenters. The van der Waals surface area contributed by atoms with Crippen LogP contribution in [0.5, 0.6) is 11.5 Å². The molecule has 2 nitrogen and oxygen atoms in total. The van der Waals surface area contributed by atoms with Crippen molar-refractivity contribution in [1.29, 1.82) is 0 Å². The number of rotatable bonds is 4. The summed E-state index contributed by atoms with van der Waals surface area (Å²) in [6.45, 7) is 4.56. The minimum absolute atomic E-state index is 0.563. The lowest BCUT2D eigenvalue weighted by molar-refractivity contribution is 0.382. The Morgan fingerprint density at radius 2 is 1.26 bits per heavy atom. The predicted molar refractivity (Wildman–Crippen MR) is 83.8 cm³/mol. The minimum Gasteiger partial charge on any atom is -0.498 e. The zero-order chi connectivity index (χ0) is 13.9. The molecule has 0 amide bonds. The molecule has 0 spiro atoms. The Kier molecular flexibility index (Phi) is 7.43. The Hall–Kier alpha value is -1.74. The maximum absolute atomic E-state index is 5.53. The molecule has 0 atom stereocenters. The van der Waals surface area contributed by atoms with Gasteiger partial charge in [0.1, 0.15) is 11.5 Å². The second-order valence-electron chi connectivity index (χ2n) is 4.54. The molecular weight excluding hydrogens is 252 g/mol. The van der Waals surface area contributed by atoms with Crippen LogP contribution < -0.4 is 9.47 Å². The summed E-state index contributed by atoms with van der Waals surface area (Å²) in [5, 5.41) is 0. The summed E-state index contributed by atoms with van der Waals surface area (Å²) >= 11 is 0. The second-order valence-corrected chi connectivity index (χ2v) is 7.66. The van der Waals surface area contributed by atoms with Crippen molar-refractivity contribution in [2.75, 3.05) is 13.3 Å². The molecule has 19 heavy (non-hydrogen) atoms. The average Bonchev–Trinajstić information content (AvgIpc) is 2.48. The molecule has 2 rings (SSSR count). The summed E-state index contributed by atoms with van der Waals surface area (Å²) in [6.07, 6.45) is 0.935. The van der Waals surface area contributed by atoms with Gasteiger partial charge in [-0.15, -0.1) is 0 Å². The maximum atomic E-state index is 5.53. The first-order chi connectivity index (χ1) is 9.22. The molecule has 0 N–H and O–H groups in total. The van der Waals surface area contributed by atoms with Gasteiger partial charge in [-0.3, -0.25) is 0 Å². The van der Waals surface area contributed by atoms with E-state index in [0.717, 1.165) is 17.7 Å². The van der Waals surface area contributed by atoms with Gasteiger partial charge in [0, 0.05) is 0 Å². The van der Waals surface area contributed by atoms with E-state index in [1.807, 2.05) is 60.7 Å². The fraction of sp³-hybridized carbons (Fsp3) is 0.250. The van der Waals surface area contributed by atoms with Gasteiger partial charge >= 0.3 is 0 Å². The van der Waals surface area contributed by atoms with Crippen LogP contribution in [0, 0.1) is 0 Å². The van der Waals surface area contributed by atoms with Gasteiger partial charge in [-0.2, -0.15) is 0 Å². The minimum atomic E-state index is -0.563. The zero-order valence-corrected chi connectivity index (χ0v) is 13.0. The van der Waals surface area contributed by atoms with Crippen LogP contribution >= 0.6 is 0 Å². The second kappa shape index (κ2) is 9.22. The lowest BCUT2D eigenvalue weighted by Crippen LogP contribution is -2.13. The molecule has 0 aliphatic rings. The molecule has 0 aliphatic carbocycles. The molecule has 2 aromatic carbocycles. The van der Waals surface area contributed by atoms with Gasteiger partial charge in [0.25, 0.3) is 0 Å². The van der Waals surface area contributed by atoms with Crippen LogP contribution in [0.4, 0.5) is 0 Å². The third-order valence-corrected chi connectivity index (χ3v) is 3.14. The summed E-state index contributed by atoms with van der Waals surface area (Å²) in [5.74, 6) is 1.90. The predicted octanol–water partition coefficient (Wildman–Crippen LogP) is 3.79. The molecule has 2 aromatic rings. The van der Waals surface area contributed by atoms with E-state index in [2.05, 4.69) is 13.1 Å². The van der Waals surface area contributed by atoms with Gasteiger partial charge in [0.15, 0.2) is 0 Å². The zero-order valence-electron chi connectivity index (χ0n) is 11.9. The van der Waals surface area contributed by atoms with Gasteiger partial charge < -0.3 is 9.47 Å². The first-order valence-corrected chi connectivity index (χ1v) is 9.62. The molecule has 3 heteroatoms. The average molecular weight is 274 g/mol. The van der Waals surface area contributed by atoms with Crippen molar-refractivity contribution in [2.45, 2.75) is 13.1 Å². The van der Waals surface area contributed by atoms with E-state index in [-0.39, 0.29) is 0 Å². The summed E-state index contributed by atoms with van der Waals surface area (Å²) in [6, 6.07) is 19.7. The van der Waals surface area contributed by atoms with E-state index >= 15 is 0 Å². The monoisotopic (exact) mass is 274 g/mol. The first-order valence-electron chi connectivity index (χ1n) is 6.49. The third kappa shape index (κ3) is 7.31. The van der Waals surface area contributed by atoms with Crippen LogP contribution in [-0.4, -0.2) is 22.1 Å². The normalized spacial score (nSPS) is 9.47. The first kappa shape index (κ1) is 15.3. The Bertz CT molecular complexity index is 429. The van der Waals surface area contributed by atoms with E-state index < -0.39 is 8.80 Å². The fourth-order valence-corrected chi connectivity index (χ4v) is 1.86. The van der Waals surface area contributed by atoms with Crippen molar-refractivity contribution < 1.29 is 9.47 Å².